The molecule has 0 fully saturated rings. The standard InChI is InChI=1S/C23H31ClN2O4/c1-5-29-20-14-19(21(24)22(16(20)3)30-6-2)17(4)26(23(25)27)12-13-28-15-18-10-8-7-9-11-18/h7-11,14,17H,5-6,12-13,15H2,1-4H3,(H2,25,27). The number of urea groups is 1. The summed E-state index contributed by atoms with van der Waals surface area (Å²) >= 11 is 6.66. The molecule has 2 aromatic rings. The predicted octanol–water partition coefficient (Wildman–Crippen LogP) is 5.10. The molecule has 6 nitrogen and oxygen atoms in total. The van der Waals surface area contributed by atoms with Gasteiger partial charge in [0.05, 0.1) is 37.5 Å². The molecule has 0 saturated carbocycles. The van der Waals surface area contributed by atoms with Gasteiger partial charge in [0.15, 0.2) is 0 Å². The molecule has 2 aromatic carbocycles. The minimum atomic E-state index is -0.543. The summed E-state index contributed by atoms with van der Waals surface area (Å²) in [5.41, 5.74) is 8.29. The molecule has 2 amide bonds. The van der Waals surface area contributed by atoms with Crippen molar-refractivity contribution >= 4 is 17.6 Å². The van der Waals surface area contributed by atoms with Crippen molar-refractivity contribution < 1.29 is 19.0 Å². The maximum atomic E-state index is 12.2. The number of halogens is 1. The zero-order valence-electron chi connectivity index (χ0n) is 18.1. The Morgan fingerprint density at radius 1 is 1.17 bits per heavy atom. The predicted molar refractivity (Wildman–Crippen MR) is 119 cm³/mol. The number of primary amides is 1. The molecule has 7 heteroatoms. The summed E-state index contributed by atoms with van der Waals surface area (Å²) in [5.74, 6) is 1.24. The molecule has 164 valence electrons. The monoisotopic (exact) mass is 434 g/mol. The summed E-state index contributed by atoms with van der Waals surface area (Å²) in [4.78, 5) is 13.7. The van der Waals surface area contributed by atoms with Crippen molar-refractivity contribution in [3.05, 3.63) is 58.1 Å². The van der Waals surface area contributed by atoms with Crippen LogP contribution in [0.5, 0.6) is 11.5 Å². The van der Waals surface area contributed by atoms with E-state index in [2.05, 4.69) is 0 Å². The Morgan fingerprint density at radius 2 is 1.83 bits per heavy atom. The molecule has 0 saturated heterocycles. The highest BCUT2D eigenvalue weighted by Gasteiger charge is 2.25. The summed E-state index contributed by atoms with van der Waals surface area (Å²) in [6.07, 6.45) is 0. The molecular formula is C23H31ClN2O4. The molecule has 2 rings (SSSR count). The topological polar surface area (TPSA) is 74.0 Å². The lowest BCUT2D eigenvalue weighted by molar-refractivity contribution is 0.0914. The van der Waals surface area contributed by atoms with Crippen LogP contribution in [0.1, 0.15) is 43.5 Å². The zero-order valence-corrected chi connectivity index (χ0v) is 18.9. The summed E-state index contributed by atoms with van der Waals surface area (Å²) in [5, 5.41) is 0.460. The van der Waals surface area contributed by atoms with Gasteiger partial charge in [0.25, 0.3) is 0 Å². The van der Waals surface area contributed by atoms with Gasteiger partial charge in [-0.25, -0.2) is 4.79 Å². The second-order valence-corrected chi connectivity index (χ2v) is 7.22. The second-order valence-electron chi connectivity index (χ2n) is 6.84. The van der Waals surface area contributed by atoms with Crippen molar-refractivity contribution in [3.63, 3.8) is 0 Å². The number of carbonyl (C=O) groups is 1. The van der Waals surface area contributed by atoms with Crippen LogP contribution in [0.25, 0.3) is 0 Å². The normalized spacial score (nSPS) is 11.8. The van der Waals surface area contributed by atoms with Gasteiger partial charge in [0.1, 0.15) is 11.5 Å². The number of hydrogen-bond donors (Lipinski definition) is 1. The highest BCUT2D eigenvalue weighted by atomic mass is 35.5. The molecule has 1 unspecified atom stereocenters. The maximum absolute atomic E-state index is 12.2. The Bertz CT molecular complexity index is 830. The summed E-state index contributed by atoms with van der Waals surface area (Å²) in [6.45, 7) is 9.72. The molecule has 0 bridgehead atoms. The third kappa shape index (κ3) is 6.03. The average Bonchev–Trinajstić information content (AvgIpc) is 2.73. The van der Waals surface area contributed by atoms with Crippen molar-refractivity contribution in [1.82, 2.24) is 4.90 Å². The quantitative estimate of drug-likeness (QED) is 0.499. The van der Waals surface area contributed by atoms with Crippen molar-refractivity contribution in [2.45, 2.75) is 40.3 Å². The van der Waals surface area contributed by atoms with Gasteiger partial charge in [0, 0.05) is 17.7 Å². The van der Waals surface area contributed by atoms with Gasteiger partial charge in [-0.3, -0.25) is 0 Å². The number of carbonyl (C=O) groups excluding carboxylic acids is 1. The number of nitrogens with two attached hydrogens (primary N) is 1. The molecule has 0 heterocycles. The first kappa shape index (κ1) is 23.8. The second kappa shape index (κ2) is 11.7. The summed E-state index contributed by atoms with van der Waals surface area (Å²) in [6, 6.07) is 10.8. The van der Waals surface area contributed by atoms with Crippen LogP contribution in [0.2, 0.25) is 5.02 Å². The Kier molecular flexibility index (Phi) is 9.27. The first-order chi connectivity index (χ1) is 14.4. The van der Waals surface area contributed by atoms with Crippen LogP contribution in [0.3, 0.4) is 0 Å². The minimum absolute atomic E-state index is 0.335. The summed E-state index contributed by atoms with van der Waals surface area (Å²) < 4.78 is 17.2. The Balaban J connectivity index is 2.19. The van der Waals surface area contributed by atoms with Crippen LogP contribution in [0.4, 0.5) is 4.79 Å². The molecule has 0 aliphatic rings. The number of hydrogen-bond acceptors (Lipinski definition) is 4. The lowest BCUT2D eigenvalue weighted by Crippen LogP contribution is -2.40. The van der Waals surface area contributed by atoms with E-state index in [0.29, 0.717) is 49.5 Å². The van der Waals surface area contributed by atoms with E-state index in [9.17, 15) is 4.79 Å². The van der Waals surface area contributed by atoms with Gasteiger partial charge in [0.2, 0.25) is 0 Å². The molecule has 0 radical (unpaired) electrons. The molecule has 0 aliphatic heterocycles. The van der Waals surface area contributed by atoms with Gasteiger partial charge in [-0.2, -0.15) is 0 Å². The van der Waals surface area contributed by atoms with Gasteiger partial charge in [-0.1, -0.05) is 41.9 Å². The zero-order chi connectivity index (χ0) is 22.1. The van der Waals surface area contributed by atoms with Crippen molar-refractivity contribution in [3.8, 4) is 11.5 Å². The third-order valence-electron chi connectivity index (χ3n) is 4.83. The lowest BCUT2D eigenvalue weighted by Gasteiger charge is -2.29. The minimum Gasteiger partial charge on any atom is -0.493 e. The highest BCUT2D eigenvalue weighted by molar-refractivity contribution is 6.33. The van der Waals surface area contributed by atoms with E-state index >= 15 is 0 Å². The fraction of sp³-hybridized carbons (Fsp3) is 0.435. The molecule has 0 aliphatic carbocycles. The van der Waals surface area contributed by atoms with Crippen LogP contribution in [0.15, 0.2) is 36.4 Å². The largest absolute Gasteiger partial charge is 0.493 e. The van der Waals surface area contributed by atoms with Crippen LogP contribution >= 0.6 is 11.6 Å². The average molecular weight is 435 g/mol. The van der Waals surface area contributed by atoms with Crippen LogP contribution in [-0.2, 0) is 11.3 Å². The summed E-state index contributed by atoms with van der Waals surface area (Å²) in [7, 11) is 0. The molecule has 0 aromatic heterocycles. The van der Waals surface area contributed by atoms with Crippen LogP contribution < -0.4 is 15.2 Å². The SMILES string of the molecule is CCOc1cc(C(C)N(CCOCc2ccccc2)C(N)=O)c(Cl)c(OCC)c1C. The van der Waals surface area contributed by atoms with Gasteiger partial charge in [-0.05, 0) is 39.3 Å². The maximum Gasteiger partial charge on any atom is 0.315 e. The van der Waals surface area contributed by atoms with E-state index in [4.69, 9.17) is 31.5 Å². The molecule has 2 N–H and O–H groups in total. The lowest BCUT2D eigenvalue weighted by atomic mass is 10.0. The fourth-order valence-electron chi connectivity index (χ4n) is 3.24. The van der Waals surface area contributed by atoms with E-state index in [1.165, 1.54) is 4.90 Å². The number of nitrogens with zero attached hydrogens (tertiary/aromatic N) is 1. The van der Waals surface area contributed by atoms with E-state index in [1.54, 1.807) is 0 Å². The molecule has 1 atom stereocenters. The number of amides is 2. The van der Waals surface area contributed by atoms with E-state index in [0.717, 1.165) is 16.7 Å². The highest BCUT2D eigenvalue weighted by Crippen LogP contribution is 2.42. The molecular weight excluding hydrogens is 404 g/mol. The van der Waals surface area contributed by atoms with Gasteiger partial charge < -0.3 is 24.8 Å². The Morgan fingerprint density at radius 3 is 2.43 bits per heavy atom. The number of ether oxygens (including phenoxy) is 3. The molecule has 0 spiro atoms. The fourth-order valence-corrected chi connectivity index (χ4v) is 3.64. The van der Waals surface area contributed by atoms with Crippen LogP contribution in [0, 0.1) is 6.92 Å². The first-order valence-electron chi connectivity index (χ1n) is 10.2. The Labute approximate surface area is 183 Å². The Hall–Kier alpha value is -2.44. The van der Waals surface area contributed by atoms with Crippen molar-refractivity contribution in [2.75, 3.05) is 26.4 Å². The van der Waals surface area contributed by atoms with Gasteiger partial charge in [-0.15, -0.1) is 0 Å². The van der Waals surface area contributed by atoms with E-state index in [1.807, 2.05) is 64.1 Å². The van der Waals surface area contributed by atoms with E-state index in [-0.39, 0.29) is 6.04 Å². The van der Waals surface area contributed by atoms with Gasteiger partial charge >= 0.3 is 6.03 Å². The smallest absolute Gasteiger partial charge is 0.315 e. The number of rotatable bonds is 11. The van der Waals surface area contributed by atoms with Crippen molar-refractivity contribution in [2.24, 2.45) is 5.73 Å². The third-order valence-corrected chi connectivity index (χ3v) is 5.22. The molecule has 30 heavy (non-hydrogen) atoms. The van der Waals surface area contributed by atoms with Crippen molar-refractivity contribution in [1.29, 1.82) is 0 Å². The van der Waals surface area contributed by atoms with E-state index < -0.39 is 6.03 Å². The first-order valence-corrected chi connectivity index (χ1v) is 10.5. The van der Waals surface area contributed by atoms with Crippen LogP contribution in [-0.4, -0.2) is 37.3 Å². The number of benzene rings is 2.